The Morgan fingerprint density at radius 1 is 1.17 bits per heavy atom. The maximum absolute atomic E-state index is 12.4. The van der Waals surface area contributed by atoms with E-state index in [2.05, 4.69) is 19.2 Å². The van der Waals surface area contributed by atoms with E-state index in [9.17, 15) is 4.79 Å². The quantitative estimate of drug-likeness (QED) is 0.847. The molecule has 1 N–H and O–H groups in total. The lowest BCUT2D eigenvalue weighted by Crippen LogP contribution is -2.34. The van der Waals surface area contributed by atoms with Gasteiger partial charge in [-0.3, -0.25) is 4.79 Å². The van der Waals surface area contributed by atoms with Gasteiger partial charge < -0.3 is 5.32 Å². The Labute approximate surface area is 118 Å². The van der Waals surface area contributed by atoms with Crippen molar-refractivity contribution in [2.45, 2.75) is 44.9 Å². The summed E-state index contributed by atoms with van der Waals surface area (Å²) < 4.78 is 0. The van der Waals surface area contributed by atoms with Crippen LogP contribution in [0.4, 0.5) is 5.69 Å². The molecule has 0 spiro atoms. The van der Waals surface area contributed by atoms with E-state index in [1.807, 2.05) is 6.07 Å². The lowest BCUT2D eigenvalue weighted by Gasteiger charge is -2.26. The predicted molar refractivity (Wildman–Crippen MR) is 76.6 cm³/mol. The molecule has 0 atom stereocenters. The molecule has 2 nitrogen and oxygen atoms in total. The molecule has 0 aromatic heterocycles. The summed E-state index contributed by atoms with van der Waals surface area (Å²) in [5.74, 6) is 0.0605. The fourth-order valence-corrected chi connectivity index (χ4v) is 3.45. The van der Waals surface area contributed by atoms with Crippen LogP contribution in [0.5, 0.6) is 0 Å². The van der Waals surface area contributed by atoms with E-state index in [1.54, 1.807) is 6.07 Å². The van der Waals surface area contributed by atoms with Crippen LogP contribution >= 0.6 is 23.2 Å². The number of hydrogen-bond donors (Lipinski definition) is 1. The summed E-state index contributed by atoms with van der Waals surface area (Å²) in [6.45, 7) is 4.18. The minimum Gasteiger partial charge on any atom is -0.324 e. The fraction of sp³-hybridized carbons (Fsp3) is 0.500. The third kappa shape index (κ3) is 2.02. The van der Waals surface area contributed by atoms with Gasteiger partial charge in [-0.2, -0.15) is 0 Å². The van der Waals surface area contributed by atoms with Crippen LogP contribution in [0, 0.1) is 0 Å². The average Bonchev–Trinajstić information content (AvgIpc) is 2.56. The van der Waals surface area contributed by atoms with Crippen molar-refractivity contribution in [1.29, 1.82) is 0 Å². The number of carbonyl (C=O) groups excluding carboxylic acids is 1. The molecule has 1 amide bonds. The highest BCUT2D eigenvalue weighted by Crippen LogP contribution is 2.48. The van der Waals surface area contributed by atoms with E-state index >= 15 is 0 Å². The molecule has 2 rings (SSSR count). The number of carbonyl (C=O) groups is 1. The van der Waals surface area contributed by atoms with Crippen LogP contribution in [0.1, 0.15) is 45.1 Å². The molecule has 1 aliphatic rings. The molecule has 0 bridgehead atoms. The number of anilines is 1. The van der Waals surface area contributed by atoms with Crippen LogP contribution in [0.2, 0.25) is 10.0 Å². The van der Waals surface area contributed by atoms with E-state index in [0.29, 0.717) is 10.0 Å². The number of rotatable bonds is 4. The summed E-state index contributed by atoms with van der Waals surface area (Å²) in [6, 6.07) is 3.56. The summed E-state index contributed by atoms with van der Waals surface area (Å²) in [5, 5.41) is 4.04. The van der Waals surface area contributed by atoms with Gasteiger partial charge in [0.2, 0.25) is 5.91 Å². The fourth-order valence-electron chi connectivity index (χ4n) is 2.91. The van der Waals surface area contributed by atoms with E-state index in [-0.39, 0.29) is 5.91 Å². The maximum Gasteiger partial charge on any atom is 0.235 e. The summed E-state index contributed by atoms with van der Waals surface area (Å²) >= 11 is 12.2. The number of nitrogens with one attached hydrogen (secondary N) is 1. The normalized spacial score (nSPS) is 16.6. The molecule has 0 radical (unpaired) electrons. The molecule has 0 fully saturated rings. The zero-order valence-electron chi connectivity index (χ0n) is 10.6. The van der Waals surface area contributed by atoms with Gasteiger partial charge in [0.25, 0.3) is 0 Å². The summed E-state index contributed by atoms with van der Waals surface area (Å²) in [7, 11) is 0. The molecule has 0 saturated carbocycles. The second-order valence-electron chi connectivity index (χ2n) is 4.85. The van der Waals surface area contributed by atoms with Crippen LogP contribution in [0.25, 0.3) is 0 Å². The zero-order chi connectivity index (χ0) is 13.3. The smallest absolute Gasteiger partial charge is 0.235 e. The highest BCUT2D eigenvalue weighted by molar-refractivity contribution is 6.37. The second-order valence-corrected chi connectivity index (χ2v) is 5.69. The standard InChI is InChI=1S/C14H17Cl2NO/c1-3-5-14(6-4-2)10-7-9(15)8-11(16)12(10)17-13(14)18/h7-8H,3-6H2,1-2H3,(H,17,18). The van der Waals surface area contributed by atoms with E-state index in [4.69, 9.17) is 23.2 Å². The van der Waals surface area contributed by atoms with Crippen molar-refractivity contribution < 1.29 is 4.79 Å². The van der Waals surface area contributed by atoms with Crippen LogP contribution in [0.3, 0.4) is 0 Å². The molecule has 1 aromatic carbocycles. The summed E-state index contributed by atoms with van der Waals surface area (Å²) in [6.07, 6.45) is 3.57. The van der Waals surface area contributed by atoms with Gasteiger partial charge in [-0.1, -0.05) is 49.9 Å². The molecule has 4 heteroatoms. The second kappa shape index (κ2) is 5.10. The van der Waals surface area contributed by atoms with E-state index in [1.165, 1.54) is 0 Å². The number of halogens is 2. The van der Waals surface area contributed by atoms with Crippen LogP contribution < -0.4 is 5.32 Å². The molecule has 1 aromatic rings. The van der Waals surface area contributed by atoms with Gasteiger partial charge >= 0.3 is 0 Å². The van der Waals surface area contributed by atoms with Gasteiger partial charge in [-0.25, -0.2) is 0 Å². The topological polar surface area (TPSA) is 29.1 Å². The van der Waals surface area contributed by atoms with Crippen molar-refractivity contribution >= 4 is 34.8 Å². The Bertz CT molecular complexity index is 479. The molecule has 98 valence electrons. The van der Waals surface area contributed by atoms with Crippen LogP contribution in [-0.2, 0) is 10.2 Å². The van der Waals surface area contributed by atoms with Gasteiger partial charge in [0.1, 0.15) is 0 Å². The molecule has 18 heavy (non-hydrogen) atoms. The largest absolute Gasteiger partial charge is 0.324 e. The molecule has 1 aliphatic heterocycles. The Hall–Kier alpha value is -0.730. The Morgan fingerprint density at radius 3 is 2.33 bits per heavy atom. The van der Waals surface area contributed by atoms with Crippen LogP contribution in [0.15, 0.2) is 12.1 Å². The molecule has 0 unspecified atom stereocenters. The molecular formula is C14H17Cl2NO. The van der Waals surface area contributed by atoms with Crippen molar-refractivity contribution in [3.8, 4) is 0 Å². The van der Waals surface area contributed by atoms with E-state index in [0.717, 1.165) is 36.9 Å². The third-order valence-corrected chi connectivity index (χ3v) is 4.11. The minimum absolute atomic E-state index is 0.0605. The average molecular weight is 286 g/mol. The molecular weight excluding hydrogens is 269 g/mol. The monoisotopic (exact) mass is 285 g/mol. The predicted octanol–water partition coefficient (Wildman–Crippen LogP) is 4.78. The number of amides is 1. The van der Waals surface area contributed by atoms with Gasteiger partial charge in [0, 0.05) is 5.02 Å². The Morgan fingerprint density at radius 2 is 1.78 bits per heavy atom. The number of hydrogen-bond acceptors (Lipinski definition) is 1. The van der Waals surface area contributed by atoms with Gasteiger partial charge in [-0.05, 0) is 30.5 Å². The molecule has 0 saturated heterocycles. The van der Waals surface area contributed by atoms with Gasteiger partial charge in [-0.15, -0.1) is 0 Å². The molecule has 0 aliphatic carbocycles. The first kappa shape index (κ1) is 13.7. The SMILES string of the molecule is CCCC1(CCC)C(=O)Nc2c(Cl)cc(Cl)cc21. The summed E-state index contributed by atoms with van der Waals surface area (Å²) in [5.41, 5.74) is 1.26. The lowest BCUT2D eigenvalue weighted by molar-refractivity contribution is -0.121. The lowest BCUT2D eigenvalue weighted by atomic mass is 9.74. The highest BCUT2D eigenvalue weighted by Gasteiger charge is 2.46. The zero-order valence-corrected chi connectivity index (χ0v) is 12.2. The molecule has 1 heterocycles. The Balaban J connectivity index is 2.60. The summed E-state index contributed by atoms with van der Waals surface area (Å²) in [4.78, 5) is 12.4. The van der Waals surface area contributed by atoms with Crippen LogP contribution in [-0.4, -0.2) is 5.91 Å². The third-order valence-electron chi connectivity index (χ3n) is 3.60. The first-order valence-corrected chi connectivity index (χ1v) is 7.11. The van der Waals surface area contributed by atoms with E-state index < -0.39 is 5.41 Å². The van der Waals surface area contributed by atoms with Crippen molar-refractivity contribution in [3.05, 3.63) is 27.7 Å². The first-order chi connectivity index (χ1) is 8.55. The van der Waals surface area contributed by atoms with Crippen molar-refractivity contribution in [2.24, 2.45) is 0 Å². The van der Waals surface area contributed by atoms with Gasteiger partial charge in [0.05, 0.1) is 16.1 Å². The van der Waals surface area contributed by atoms with Gasteiger partial charge in [0.15, 0.2) is 0 Å². The van der Waals surface area contributed by atoms with Crippen molar-refractivity contribution in [1.82, 2.24) is 0 Å². The maximum atomic E-state index is 12.4. The first-order valence-electron chi connectivity index (χ1n) is 6.36. The minimum atomic E-state index is -0.451. The number of benzene rings is 1. The van der Waals surface area contributed by atoms with Crippen molar-refractivity contribution in [3.63, 3.8) is 0 Å². The Kier molecular flexibility index (Phi) is 3.88. The van der Waals surface area contributed by atoms with Crippen molar-refractivity contribution in [2.75, 3.05) is 5.32 Å². The highest BCUT2D eigenvalue weighted by atomic mass is 35.5. The number of fused-ring (bicyclic) bond motifs is 1.